The van der Waals surface area contributed by atoms with E-state index in [4.69, 9.17) is 4.98 Å². The van der Waals surface area contributed by atoms with Crippen molar-refractivity contribution in [2.24, 2.45) is 0 Å². The molecule has 2 unspecified atom stereocenters. The molecule has 0 aromatic carbocycles. The summed E-state index contributed by atoms with van der Waals surface area (Å²) in [7, 11) is 0. The molecule has 0 saturated carbocycles. The van der Waals surface area contributed by atoms with Gasteiger partial charge >= 0.3 is 0 Å². The lowest BCUT2D eigenvalue weighted by molar-refractivity contribution is 0.271. The Morgan fingerprint density at radius 2 is 2.11 bits per heavy atom. The van der Waals surface area contributed by atoms with E-state index in [9.17, 15) is 0 Å². The molecule has 2 nitrogen and oxygen atoms in total. The van der Waals surface area contributed by atoms with Gasteiger partial charge < -0.3 is 5.32 Å². The molecule has 0 radical (unpaired) electrons. The molecule has 18 heavy (non-hydrogen) atoms. The van der Waals surface area contributed by atoms with E-state index in [1.54, 1.807) is 0 Å². The van der Waals surface area contributed by atoms with E-state index in [1.807, 2.05) is 11.3 Å². The molecule has 2 atom stereocenters. The molecule has 1 N–H and O–H groups in total. The number of nitrogens with one attached hydrogen (secondary N) is 1. The Morgan fingerprint density at radius 3 is 2.61 bits per heavy atom. The van der Waals surface area contributed by atoms with Gasteiger partial charge in [-0.2, -0.15) is 11.8 Å². The van der Waals surface area contributed by atoms with E-state index in [2.05, 4.69) is 51.7 Å². The molecule has 2 heterocycles. The maximum Gasteiger partial charge on any atom is 0.114 e. The van der Waals surface area contributed by atoms with Crippen molar-refractivity contribution in [2.45, 2.75) is 64.3 Å². The fraction of sp³-hybridized carbons (Fsp3) is 0.786. The van der Waals surface area contributed by atoms with E-state index in [0.717, 1.165) is 0 Å². The molecule has 1 aliphatic rings. The Kier molecular flexibility index (Phi) is 4.40. The van der Waals surface area contributed by atoms with Crippen LogP contribution in [-0.4, -0.2) is 22.0 Å². The first kappa shape index (κ1) is 14.4. The summed E-state index contributed by atoms with van der Waals surface area (Å²) in [4.78, 5) is 6.21. The first-order chi connectivity index (χ1) is 8.45. The predicted octanol–water partition coefficient (Wildman–Crippen LogP) is 3.87. The molecule has 1 aliphatic heterocycles. The topological polar surface area (TPSA) is 24.9 Å². The fourth-order valence-electron chi connectivity index (χ4n) is 2.67. The van der Waals surface area contributed by atoms with E-state index in [1.165, 1.54) is 34.2 Å². The number of thiazole rings is 1. The summed E-state index contributed by atoms with van der Waals surface area (Å²) in [5, 5.41) is 5.72. The maximum atomic E-state index is 4.85. The van der Waals surface area contributed by atoms with Crippen LogP contribution >= 0.6 is 23.1 Å². The highest BCUT2D eigenvalue weighted by Gasteiger charge is 2.43. The quantitative estimate of drug-likeness (QED) is 0.912. The second kappa shape index (κ2) is 5.51. The van der Waals surface area contributed by atoms with E-state index in [-0.39, 0.29) is 5.54 Å². The van der Waals surface area contributed by atoms with Crippen molar-refractivity contribution in [3.8, 4) is 0 Å². The minimum atomic E-state index is 0.0841. The second-order valence-corrected chi connectivity index (χ2v) is 8.20. The molecule has 0 aliphatic carbocycles. The highest BCUT2D eigenvalue weighted by molar-refractivity contribution is 8.00. The number of hydrogen-bond donors (Lipinski definition) is 1. The van der Waals surface area contributed by atoms with Crippen molar-refractivity contribution >= 4 is 23.1 Å². The van der Waals surface area contributed by atoms with Gasteiger partial charge in [-0.15, -0.1) is 11.3 Å². The molecule has 0 amide bonds. The monoisotopic (exact) mass is 284 g/mol. The third-order valence-corrected chi connectivity index (χ3v) is 6.41. The Morgan fingerprint density at radius 1 is 1.39 bits per heavy atom. The van der Waals surface area contributed by atoms with Crippen molar-refractivity contribution in [1.29, 1.82) is 0 Å². The largest absolute Gasteiger partial charge is 0.302 e. The van der Waals surface area contributed by atoms with Crippen molar-refractivity contribution in [3.05, 3.63) is 15.6 Å². The number of rotatable bonds is 3. The first-order valence-electron chi connectivity index (χ1n) is 6.79. The van der Waals surface area contributed by atoms with E-state index < -0.39 is 0 Å². The number of hydrogen-bond acceptors (Lipinski definition) is 4. The van der Waals surface area contributed by atoms with Crippen LogP contribution in [0.3, 0.4) is 0 Å². The molecule has 2 rings (SSSR count). The van der Waals surface area contributed by atoms with Crippen LogP contribution in [0.15, 0.2) is 0 Å². The SMILES string of the molecule is Cc1nc(C2(NC(C)C)CCCSC2C)sc1C. The van der Waals surface area contributed by atoms with E-state index >= 15 is 0 Å². The smallest absolute Gasteiger partial charge is 0.114 e. The predicted molar refractivity (Wildman–Crippen MR) is 82.7 cm³/mol. The second-order valence-electron chi connectivity index (χ2n) is 5.55. The molecule has 1 aromatic heterocycles. The zero-order valence-corrected chi connectivity index (χ0v) is 13.7. The molecule has 1 saturated heterocycles. The minimum absolute atomic E-state index is 0.0841. The van der Waals surface area contributed by atoms with Gasteiger partial charge in [0.25, 0.3) is 0 Å². The van der Waals surface area contributed by atoms with Crippen LogP contribution in [0.1, 0.15) is 49.2 Å². The Hall–Kier alpha value is -0.0600. The minimum Gasteiger partial charge on any atom is -0.302 e. The summed E-state index contributed by atoms with van der Waals surface area (Å²) >= 11 is 3.96. The summed E-state index contributed by atoms with van der Waals surface area (Å²) < 4.78 is 0. The molecule has 0 spiro atoms. The lowest BCUT2D eigenvalue weighted by Crippen LogP contribution is -2.53. The average Bonchev–Trinajstić information content (AvgIpc) is 2.62. The summed E-state index contributed by atoms with van der Waals surface area (Å²) in [5.74, 6) is 1.28. The van der Waals surface area contributed by atoms with Crippen LogP contribution in [0.5, 0.6) is 0 Å². The van der Waals surface area contributed by atoms with Crippen LogP contribution in [-0.2, 0) is 5.54 Å². The maximum absolute atomic E-state index is 4.85. The zero-order chi connectivity index (χ0) is 13.3. The van der Waals surface area contributed by atoms with Gasteiger partial charge in [-0.3, -0.25) is 0 Å². The Balaban J connectivity index is 2.40. The van der Waals surface area contributed by atoms with Gasteiger partial charge in [0.2, 0.25) is 0 Å². The van der Waals surface area contributed by atoms with Crippen LogP contribution in [0, 0.1) is 13.8 Å². The normalized spacial score (nSPS) is 28.9. The molecular formula is C14H24N2S2. The number of thioether (sulfide) groups is 1. The average molecular weight is 284 g/mol. The van der Waals surface area contributed by atoms with Gasteiger partial charge in [-0.1, -0.05) is 6.92 Å². The highest BCUT2D eigenvalue weighted by atomic mass is 32.2. The molecule has 0 bridgehead atoms. The highest BCUT2D eigenvalue weighted by Crippen LogP contribution is 2.43. The summed E-state index contributed by atoms with van der Waals surface area (Å²) in [6, 6.07) is 0.496. The van der Waals surface area contributed by atoms with Gasteiger partial charge in [0.05, 0.1) is 11.2 Å². The molecule has 1 fully saturated rings. The Bertz CT molecular complexity index is 394. The number of aromatic nitrogens is 1. The lowest BCUT2D eigenvalue weighted by atomic mass is 9.89. The molecular weight excluding hydrogens is 260 g/mol. The first-order valence-corrected chi connectivity index (χ1v) is 8.66. The molecule has 4 heteroatoms. The summed E-state index contributed by atoms with van der Waals surface area (Å²) in [6.07, 6.45) is 2.50. The number of aryl methyl sites for hydroxylation is 2. The third-order valence-electron chi connectivity index (χ3n) is 3.73. The van der Waals surface area contributed by atoms with Gasteiger partial charge in [-0.25, -0.2) is 4.98 Å². The zero-order valence-electron chi connectivity index (χ0n) is 12.0. The van der Waals surface area contributed by atoms with Crippen molar-refractivity contribution in [3.63, 3.8) is 0 Å². The van der Waals surface area contributed by atoms with Gasteiger partial charge in [0.1, 0.15) is 5.01 Å². The molecule has 102 valence electrons. The van der Waals surface area contributed by atoms with Crippen molar-refractivity contribution < 1.29 is 0 Å². The van der Waals surface area contributed by atoms with Gasteiger partial charge in [-0.05, 0) is 46.3 Å². The van der Waals surface area contributed by atoms with Gasteiger partial charge in [0.15, 0.2) is 0 Å². The van der Waals surface area contributed by atoms with Crippen LogP contribution in [0.25, 0.3) is 0 Å². The summed E-state index contributed by atoms with van der Waals surface area (Å²) in [5.41, 5.74) is 1.28. The standard InChI is InChI=1S/C14H24N2S2/c1-9(2)16-14(7-6-8-17-12(14)5)13-15-10(3)11(4)18-13/h9,12,16H,6-8H2,1-5H3. The van der Waals surface area contributed by atoms with E-state index in [0.29, 0.717) is 11.3 Å². The van der Waals surface area contributed by atoms with Crippen LogP contribution in [0.2, 0.25) is 0 Å². The van der Waals surface area contributed by atoms with Crippen LogP contribution < -0.4 is 5.32 Å². The fourth-order valence-corrected chi connectivity index (χ4v) is 5.17. The molecule has 1 aromatic rings. The van der Waals surface area contributed by atoms with Crippen LogP contribution in [0.4, 0.5) is 0 Å². The number of nitrogens with zero attached hydrogens (tertiary/aromatic N) is 1. The summed E-state index contributed by atoms with van der Waals surface area (Å²) in [6.45, 7) is 11.1. The third kappa shape index (κ3) is 2.61. The van der Waals surface area contributed by atoms with Gasteiger partial charge in [0, 0.05) is 16.2 Å². The lowest BCUT2D eigenvalue weighted by Gasteiger charge is -2.43. The Labute approximate surface area is 119 Å². The van der Waals surface area contributed by atoms with Crippen molar-refractivity contribution in [1.82, 2.24) is 10.3 Å². The van der Waals surface area contributed by atoms with Crippen molar-refractivity contribution in [2.75, 3.05) is 5.75 Å².